The number of pyridine rings is 2. The fourth-order valence-electron chi connectivity index (χ4n) is 4.94. The molecule has 11 heteroatoms. The van der Waals surface area contributed by atoms with E-state index in [-0.39, 0.29) is 11.2 Å². The van der Waals surface area contributed by atoms with Gasteiger partial charge in [-0.3, -0.25) is 10.1 Å². The molecule has 1 unspecified atom stereocenters. The first-order valence-electron chi connectivity index (χ1n) is 14.5. The van der Waals surface area contributed by atoms with Crippen molar-refractivity contribution in [3.63, 3.8) is 0 Å². The van der Waals surface area contributed by atoms with Gasteiger partial charge in [-0.1, -0.05) is 32.9 Å². The van der Waals surface area contributed by atoms with E-state index in [1.54, 1.807) is 18.6 Å². The third-order valence-electron chi connectivity index (χ3n) is 7.45. The molecule has 0 aliphatic heterocycles. The molecule has 0 bridgehead atoms. The molecule has 10 nitrogen and oxygen atoms in total. The molecule has 44 heavy (non-hydrogen) atoms. The molecule has 0 aliphatic carbocycles. The van der Waals surface area contributed by atoms with Crippen molar-refractivity contribution in [2.24, 2.45) is 5.41 Å². The smallest absolute Gasteiger partial charge is 0.159 e. The van der Waals surface area contributed by atoms with Crippen LogP contribution in [0.4, 0.5) is 15.8 Å². The lowest BCUT2D eigenvalue weighted by atomic mass is 9.94. The molecule has 6 aromatic rings. The molecule has 5 N–H and O–H groups in total. The number of rotatable bonds is 9. The third-order valence-corrected chi connectivity index (χ3v) is 7.45. The zero-order chi connectivity index (χ0) is 31.0. The lowest BCUT2D eigenvalue weighted by Crippen LogP contribution is -2.33. The summed E-state index contributed by atoms with van der Waals surface area (Å²) < 4.78 is 14.7. The number of aliphatic hydroxyl groups is 1. The van der Waals surface area contributed by atoms with Gasteiger partial charge in [0.2, 0.25) is 0 Å². The molecule has 0 amide bonds. The molecule has 4 heterocycles. The van der Waals surface area contributed by atoms with Crippen molar-refractivity contribution in [3.8, 4) is 33.8 Å². The Morgan fingerprint density at radius 2 is 1.77 bits per heavy atom. The van der Waals surface area contributed by atoms with Gasteiger partial charge in [0.15, 0.2) is 11.5 Å². The van der Waals surface area contributed by atoms with Crippen LogP contribution in [0, 0.1) is 11.2 Å². The second-order valence-electron chi connectivity index (χ2n) is 12.3. The number of imidazole rings is 1. The average molecular weight is 594 g/mol. The fraction of sp³-hybridized carbons (Fsp3) is 0.273. The van der Waals surface area contributed by atoms with Crippen LogP contribution in [0.25, 0.3) is 55.8 Å². The zero-order valence-electron chi connectivity index (χ0n) is 25.4. The number of likely N-dealkylation sites (N-methyl/N-ethyl adjacent to an activating group) is 1. The summed E-state index contributed by atoms with van der Waals surface area (Å²) in [6.07, 6.45) is 4.46. The van der Waals surface area contributed by atoms with Gasteiger partial charge in [0.25, 0.3) is 0 Å². The summed E-state index contributed by atoms with van der Waals surface area (Å²) in [6.45, 7) is 7.41. The minimum Gasteiger partial charge on any atom is -0.384 e. The first-order valence-corrected chi connectivity index (χ1v) is 14.5. The summed E-state index contributed by atoms with van der Waals surface area (Å²) in [6, 6.07) is 14.7. The fourth-order valence-corrected chi connectivity index (χ4v) is 4.94. The summed E-state index contributed by atoms with van der Waals surface area (Å²) in [4.78, 5) is 19.4. The van der Waals surface area contributed by atoms with E-state index >= 15 is 0 Å². The first-order chi connectivity index (χ1) is 21.0. The van der Waals surface area contributed by atoms with Crippen LogP contribution in [0.5, 0.6) is 0 Å². The minimum absolute atomic E-state index is 0.318. The summed E-state index contributed by atoms with van der Waals surface area (Å²) in [5.74, 6) is 0.251. The number of aromatic amines is 2. The van der Waals surface area contributed by atoms with Crippen molar-refractivity contribution in [3.05, 3.63) is 72.9 Å². The molecule has 0 fully saturated rings. The molecule has 0 spiro atoms. The second-order valence-corrected chi connectivity index (χ2v) is 12.3. The number of anilines is 2. The molecular formula is C33H36FN9O. The Kier molecular flexibility index (Phi) is 7.74. The molecule has 2 aromatic carbocycles. The maximum atomic E-state index is 14.7. The number of H-pyrrole nitrogens is 2. The molecule has 6 rings (SSSR count). The largest absolute Gasteiger partial charge is 0.384 e. The normalized spacial score (nSPS) is 12.7. The number of nitrogens with one attached hydrogen (secondary N) is 4. The number of aromatic nitrogens is 6. The quantitative estimate of drug-likeness (QED) is 0.127. The van der Waals surface area contributed by atoms with Crippen LogP contribution < -0.4 is 10.6 Å². The highest BCUT2D eigenvalue weighted by Crippen LogP contribution is 2.34. The van der Waals surface area contributed by atoms with Crippen LogP contribution in [0.3, 0.4) is 0 Å². The number of halogens is 1. The number of para-hydroxylation sites is 1. The van der Waals surface area contributed by atoms with Gasteiger partial charge in [-0.2, -0.15) is 5.10 Å². The standard InChI is InChI=1S/C33H36FN9O/c1-33(2,3)32(44)38-24-13-20(16-35-18-24)21-14-26-29(41-42-30(26)37-17-21)31-39-27-8-6-7-25(28(27)40-31)19-11-22(34)15-23(12-19)36-9-10-43(4)5/h6-8,11-18,32,36,38,44H,9-10H2,1-5H3,(H,39,40)(H,37,41,42). The van der Waals surface area contributed by atoms with E-state index in [1.165, 1.54) is 12.1 Å². The number of aliphatic hydroxyl groups excluding tert-OH is 1. The summed E-state index contributed by atoms with van der Waals surface area (Å²) in [7, 11) is 4.00. The number of hydrogen-bond donors (Lipinski definition) is 5. The summed E-state index contributed by atoms with van der Waals surface area (Å²) in [5.41, 5.74) is 7.06. The van der Waals surface area contributed by atoms with Crippen LogP contribution in [0.1, 0.15) is 20.8 Å². The van der Waals surface area contributed by atoms with E-state index in [0.29, 0.717) is 40.6 Å². The highest BCUT2D eigenvalue weighted by Gasteiger charge is 2.22. The van der Waals surface area contributed by atoms with E-state index in [1.807, 2.05) is 71.3 Å². The van der Waals surface area contributed by atoms with Gasteiger partial charge in [-0.25, -0.2) is 14.4 Å². The van der Waals surface area contributed by atoms with Gasteiger partial charge in [-0.15, -0.1) is 0 Å². The Balaban J connectivity index is 1.35. The Morgan fingerprint density at radius 1 is 0.977 bits per heavy atom. The van der Waals surface area contributed by atoms with Crippen molar-refractivity contribution in [1.82, 2.24) is 35.0 Å². The van der Waals surface area contributed by atoms with Crippen LogP contribution in [0.2, 0.25) is 0 Å². The third kappa shape index (κ3) is 6.10. The first kappa shape index (κ1) is 29.2. The van der Waals surface area contributed by atoms with Gasteiger partial charge in [0.1, 0.15) is 17.7 Å². The molecule has 0 saturated heterocycles. The van der Waals surface area contributed by atoms with Crippen LogP contribution >= 0.6 is 0 Å². The van der Waals surface area contributed by atoms with Gasteiger partial charge < -0.3 is 25.6 Å². The predicted octanol–water partition coefficient (Wildman–Crippen LogP) is 6.12. The highest BCUT2D eigenvalue weighted by atomic mass is 19.1. The maximum absolute atomic E-state index is 14.7. The van der Waals surface area contributed by atoms with E-state index in [9.17, 15) is 9.50 Å². The van der Waals surface area contributed by atoms with Crippen molar-refractivity contribution < 1.29 is 9.50 Å². The highest BCUT2D eigenvalue weighted by molar-refractivity contribution is 5.97. The molecular weight excluding hydrogens is 557 g/mol. The lowest BCUT2D eigenvalue weighted by molar-refractivity contribution is 0.0880. The van der Waals surface area contributed by atoms with Crippen molar-refractivity contribution in [2.45, 2.75) is 27.0 Å². The molecule has 0 aliphatic rings. The number of nitrogens with zero attached hydrogens (tertiary/aromatic N) is 5. The van der Waals surface area contributed by atoms with Gasteiger partial charge >= 0.3 is 0 Å². The number of fused-ring (bicyclic) bond motifs is 2. The van der Waals surface area contributed by atoms with Crippen molar-refractivity contribution in [2.75, 3.05) is 37.8 Å². The second kappa shape index (κ2) is 11.7. The van der Waals surface area contributed by atoms with Gasteiger partial charge in [0, 0.05) is 53.3 Å². The topological polar surface area (TPSA) is 131 Å². The molecule has 226 valence electrons. The van der Waals surface area contributed by atoms with Crippen LogP contribution in [-0.2, 0) is 0 Å². The molecule has 0 radical (unpaired) electrons. The molecule has 4 aromatic heterocycles. The Labute approximate surface area is 254 Å². The Hall–Kier alpha value is -4.87. The maximum Gasteiger partial charge on any atom is 0.159 e. The number of hydrogen-bond acceptors (Lipinski definition) is 8. The van der Waals surface area contributed by atoms with E-state index in [0.717, 1.165) is 39.7 Å². The predicted molar refractivity (Wildman–Crippen MR) is 174 cm³/mol. The monoisotopic (exact) mass is 593 g/mol. The van der Waals surface area contributed by atoms with E-state index < -0.39 is 6.23 Å². The minimum atomic E-state index is -0.739. The van der Waals surface area contributed by atoms with Gasteiger partial charge in [-0.05, 0) is 56.1 Å². The van der Waals surface area contributed by atoms with Gasteiger partial charge in [0.05, 0.1) is 28.3 Å². The van der Waals surface area contributed by atoms with E-state index in [4.69, 9.17) is 4.98 Å². The summed E-state index contributed by atoms with van der Waals surface area (Å²) in [5, 5.41) is 25.3. The van der Waals surface area contributed by atoms with Crippen molar-refractivity contribution >= 4 is 33.4 Å². The van der Waals surface area contributed by atoms with Crippen LogP contribution in [-0.4, -0.2) is 73.6 Å². The molecule has 0 saturated carbocycles. The Morgan fingerprint density at radius 3 is 2.57 bits per heavy atom. The number of benzene rings is 2. The zero-order valence-corrected chi connectivity index (χ0v) is 25.4. The SMILES string of the molecule is CN(C)CCNc1cc(F)cc(-c2cccc3[nH]c(-c4n[nH]c5ncc(-c6cncc(NC(O)C(C)(C)C)c6)cc45)nc23)c1. The molecule has 1 atom stereocenters. The average Bonchev–Trinajstić information content (AvgIpc) is 3.60. The van der Waals surface area contributed by atoms with Crippen molar-refractivity contribution in [1.29, 1.82) is 0 Å². The Bertz CT molecular complexity index is 1940. The summed E-state index contributed by atoms with van der Waals surface area (Å²) >= 11 is 0. The lowest BCUT2D eigenvalue weighted by Gasteiger charge is -2.27. The van der Waals surface area contributed by atoms with Crippen LogP contribution in [0.15, 0.2) is 67.1 Å². The van der Waals surface area contributed by atoms with E-state index in [2.05, 4.69) is 40.7 Å².